The van der Waals surface area contributed by atoms with Crippen LogP contribution in [0.4, 0.5) is 0 Å². The van der Waals surface area contributed by atoms with Gasteiger partial charge >= 0.3 is 11.9 Å². The quantitative estimate of drug-likeness (QED) is 0.205. The summed E-state index contributed by atoms with van der Waals surface area (Å²) < 4.78 is 10.3. The van der Waals surface area contributed by atoms with Crippen LogP contribution in [0.5, 0.6) is 0 Å². The lowest BCUT2D eigenvalue weighted by molar-refractivity contribution is -0.144. The van der Waals surface area contributed by atoms with Crippen LogP contribution >= 0.6 is 31.9 Å². The molecule has 0 aromatic heterocycles. The van der Waals surface area contributed by atoms with E-state index < -0.39 is 0 Å². The molecule has 2 unspecified atom stereocenters. The highest BCUT2D eigenvalue weighted by Crippen LogP contribution is 2.09. The predicted molar refractivity (Wildman–Crippen MR) is 100 cm³/mol. The largest absolute Gasteiger partial charge is 0.466 e. The summed E-state index contributed by atoms with van der Waals surface area (Å²) in [7, 11) is 0. The Labute approximate surface area is 157 Å². The van der Waals surface area contributed by atoms with Crippen LogP contribution in [0.2, 0.25) is 0 Å². The van der Waals surface area contributed by atoms with Gasteiger partial charge in [0.05, 0.1) is 13.2 Å². The van der Waals surface area contributed by atoms with Gasteiger partial charge in [-0.15, -0.1) is 0 Å². The highest BCUT2D eigenvalue weighted by atomic mass is 79.9. The molecule has 0 spiro atoms. The normalized spacial score (nSPS) is 13.4. The number of carbonyl (C=O) groups is 2. The average molecular weight is 458 g/mol. The minimum Gasteiger partial charge on any atom is -0.466 e. The molecule has 6 heteroatoms. The Hall–Kier alpha value is -0.100. The molecule has 23 heavy (non-hydrogen) atoms. The van der Waals surface area contributed by atoms with Crippen molar-refractivity contribution >= 4 is 43.8 Å². The molecule has 0 aliphatic rings. The SMILES string of the molecule is CC(Br)CCC(=O)OCCCCCCCOC(=O)CCC(C)Br. The second-order valence-corrected chi connectivity index (χ2v) is 8.97. The molecule has 136 valence electrons. The Morgan fingerprint density at radius 1 is 0.739 bits per heavy atom. The fourth-order valence-electron chi connectivity index (χ4n) is 1.88. The smallest absolute Gasteiger partial charge is 0.305 e. The van der Waals surface area contributed by atoms with E-state index in [1.165, 1.54) is 0 Å². The second kappa shape index (κ2) is 15.4. The fraction of sp³-hybridized carbons (Fsp3) is 0.882. The summed E-state index contributed by atoms with van der Waals surface area (Å²) in [4.78, 5) is 23.5. The molecule has 0 radical (unpaired) electrons. The van der Waals surface area contributed by atoms with Crippen molar-refractivity contribution in [2.24, 2.45) is 0 Å². The van der Waals surface area contributed by atoms with Crippen molar-refractivity contribution in [1.82, 2.24) is 0 Å². The van der Waals surface area contributed by atoms with E-state index in [2.05, 4.69) is 31.9 Å². The van der Waals surface area contributed by atoms with Crippen molar-refractivity contribution in [1.29, 1.82) is 0 Å². The van der Waals surface area contributed by atoms with Crippen LogP contribution in [-0.2, 0) is 19.1 Å². The number of rotatable bonds is 14. The maximum atomic E-state index is 11.4. The summed E-state index contributed by atoms with van der Waals surface area (Å²) >= 11 is 6.82. The molecule has 0 aromatic carbocycles. The number of halogens is 2. The molecule has 0 bridgehead atoms. The van der Waals surface area contributed by atoms with E-state index in [0.717, 1.165) is 44.9 Å². The van der Waals surface area contributed by atoms with Gasteiger partial charge in [-0.2, -0.15) is 0 Å². The minimum absolute atomic E-state index is 0.110. The zero-order valence-corrected chi connectivity index (χ0v) is 17.5. The number of alkyl halides is 2. The van der Waals surface area contributed by atoms with Crippen molar-refractivity contribution < 1.29 is 19.1 Å². The van der Waals surface area contributed by atoms with Crippen LogP contribution in [0.1, 0.15) is 71.6 Å². The molecule has 2 atom stereocenters. The molecule has 0 aliphatic carbocycles. The van der Waals surface area contributed by atoms with E-state index in [9.17, 15) is 9.59 Å². The maximum absolute atomic E-state index is 11.4. The van der Waals surface area contributed by atoms with Gasteiger partial charge in [-0.25, -0.2) is 0 Å². The first-order chi connectivity index (χ1) is 10.9. The van der Waals surface area contributed by atoms with Crippen molar-refractivity contribution in [2.75, 3.05) is 13.2 Å². The maximum Gasteiger partial charge on any atom is 0.305 e. The summed E-state index contributed by atoms with van der Waals surface area (Å²) in [5, 5.41) is 0. The van der Waals surface area contributed by atoms with Gasteiger partial charge in [-0.3, -0.25) is 9.59 Å². The summed E-state index contributed by atoms with van der Waals surface area (Å²) in [6.45, 7) is 5.06. The highest BCUT2D eigenvalue weighted by molar-refractivity contribution is 9.09. The van der Waals surface area contributed by atoms with Crippen molar-refractivity contribution in [3.05, 3.63) is 0 Å². The number of unbranched alkanes of at least 4 members (excludes halogenated alkanes) is 4. The fourth-order valence-corrected chi connectivity index (χ4v) is 2.34. The van der Waals surface area contributed by atoms with E-state index in [0.29, 0.717) is 35.7 Å². The number of esters is 2. The van der Waals surface area contributed by atoms with Crippen molar-refractivity contribution in [2.45, 2.75) is 81.3 Å². The molecule has 0 saturated heterocycles. The van der Waals surface area contributed by atoms with Crippen molar-refractivity contribution in [3.8, 4) is 0 Å². The Balaban J connectivity index is 3.27. The van der Waals surface area contributed by atoms with Gasteiger partial charge < -0.3 is 9.47 Å². The molecular formula is C17H30Br2O4. The van der Waals surface area contributed by atoms with Crippen LogP contribution in [0.25, 0.3) is 0 Å². The van der Waals surface area contributed by atoms with E-state index in [-0.39, 0.29) is 11.9 Å². The summed E-state index contributed by atoms with van der Waals surface area (Å²) in [5.74, 6) is -0.220. The third kappa shape index (κ3) is 18.1. The van der Waals surface area contributed by atoms with Gasteiger partial charge in [-0.05, 0) is 25.7 Å². The first kappa shape index (κ1) is 22.9. The van der Waals surface area contributed by atoms with Gasteiger partial charge in [0.1, 0.15) is 0 Å². The Bertz CT molecular complexity index is 290. The molecule has 0 N–H and O–H groups in total. The molecular weight excluding hydrogens is 428 g/mol. The Morgan fingerprint density at radius 2 is 1.09 bits per heavy atom. The summed E-state index contributed by atoms with van der Waals surface area (Å²) in [6.07, 6.45) is 7.53. The molecule has 0 amide bonds. The lowest BCUT2D eigenvalue weighted by Crippen LogP contribution is -2.08. The highest BCUT2D eigenvalue weighted by Gasteiger charge is 2.06. The monoisotopic (exact) mass is 456 g/mol. The van der Waals surface area contributed by atoms with Gasteiger partial charge in [0.15, 0.2) is 0 Å². The molecule has 0 rings (SSSR count). The van der Waals surface area contributed by atoms with Crippen LogP contribution in [-0.4, -0.2) is 34.8 Å². The number of carbonyl (C=O) groups excluding carboxylic acids is 2. The summed E-state index contributed by atoms with van der Waals surface area (Å²) in [5.41, 5.74) is 0. The first-order valence-corrected chi connectivity index (χ1v) is 10.3. The van der Waals surface area contributed by atoms with E-state index in [4.69, 9.17) is 9.47 Å². The molecule has 4 nitrogen and oxygen atoms in total. The zero-order chi connectivity index (χ0) is 17.5. The van der Waals surface area contributed by atoms with E-state index in [1.807, 2.05) is 13.8 Å². The number of hydrogen-bond donors (Lipinski definition) is 0. The van der Waals surface area contributed by atoms with Crippen LogP contribution in [0.3, 0.4) is 0 Å². The van der Waals surface area contributed by atoms with Gasteiger partial charge in [0, 0.05) is 22.5 Å². The minimum atomic E-state index is -0.110. The number of ether oxygens (including phenoxy) is 2. The third-order valence-electron chi connectivity index (χ3n) is 3.31. The topological polar surface area (TPSA) is 52.6 Å². The first-order valence-electron chi connectivity index (χ1n) is 8.51. The lowest BCUT2D eigenvalue weighted by Gasteiger charge is -2.07. The standard InChI is InChI=1S/C17H30Br2O4/c1-14(18)8-10-16(20)22-12-6-4-3-5-7-13-23-17(21)11-9-15(2)19/h14-15H,3-13H2,1-2H3. The van der Waals surface area contributed by atoms with Gasteiger partial charge in [0.2, 0.25) is 0 Å². The van der Waals surface area contributed by atoms with Crippen LogP contribution in [0, 0.1) is 0 Å². The number of hydrogen-bond acceptors (Lipinski definition) is 4. The van der Waals surface area contributed by atoms with Crippen LogP contribution in [0.15, 0.2) is 0 Å². The van der Waals surface area contributed by atoms with Gasteiger partial charge in [0.25, 0.3) is 0 Å². The van der Waals surface area contributed by atoms with Crippen LogP contribution < -0.4 is 0 Å². The van der Waals surface area contributed by atoms with Crippen molar-refractivity contribution in [3.63, 3.8) is 0 Å². The average Bonchev–Trinajstić information content (AvgIpc) is 2.49. The van der Waals surface area contributed by atoms with E-state index >= 15 is 0 Å². The predicted octanol–water partition coefficient (Wildman–Crippen LogP) is 5.15. The van der Waals surface area contributed by atoms with E-state index in [1.54, 1.807) is 0 Å². The zero-order valence-electron chi connectivity index (χ0n) is 14.3. The molecule has 0 aromatic rings. The Kier molecular flexibility index (Phi) is 15.4. The molecule has 0 aliphatic heterocycles. The summed E-state index contributed by atoms with van der Waals surface area (Å²) in [6, 6.07) is 0. The molecule has 0 saturated carbocycles. The Morgan fingerprint density at radius 3 is 1.43 bits per heavy atom. The van der Waals surface area contributed by atoms with Gasteiger partial charge in [-0.1, -0.05) is 65.0 Å². The third-order valence-corrected chi connectivity index (χ3v) is 4.22. The molecule has 0 heterocycles. The molecule has 0 fully saturated rings. The lowest BCUT2D eigenvalue weighted by atomic mass is 10.1. The second-order valence-electron chi connectivity index (χ2n) is 5.85.